The lowest BCUT2D eigenvalue weighted by atomic mass is 10.1. The van der Waals surface area contributed by atoms with Gasteiger partial charge in [-0.2, -0.15) is 0 Å². The fraction of sp³-hybridized carbons (Fsp3) is 0.409. The highest BCUT2D eigenvalue weighted by atomic mass is 16.5. The Morgan fingerprint density at radius 1 is 1.04 bits per heavy atom. The van der Waals surface area contributed by atoms with Crippen molar-refractivity contribution in [3.8, 4) is 11.5 Å². The van der Waals surface area contributed by atoms with E-state index in [0.717, 1.165) is 36.1 Å². The zero-order valence-electron chi connectivity index (χ0n) is 17.5. The number of aliphatic imine (C=N–C) groups is 1. The highest BCUT2D eigenvalue weighted by Crippen LogP contribution is 2.25. The van der Waals surface area contributed by atoms with Crippen LogP contribution in [0.2, 0.25) is 0 Å². The van der Waals surface area contributed by atoms with Crippen LogP contribution in [-0.4, -0.2) is 52.3 Å². The van der Waals surface area contributed by atoms with E-state index in [1.54, 1.807) is 14.2 Å². The lowest BCUT2D eigenvalue weighted by molar-refractivity contribution is 0.298. The van der Waals surface area contributed by atoms with Gasteiger partial charge in [0.05, 0.1) is 26.8 Å². The smallest absolute Gasteiger partial charge is 0.191 e. The Morgan fingerprint density at radius 3 is 2.39 bits per heavy atom. The summed E-state index contributed by atoms with van der Waals surface area (Å²) in [6.07, 6.45) is 0. The van der Waals surface area contributed by atoms with Gasteiger partial charge in [0.2, 0.25) is 0 Å². The molecule has 6 heteroatoms. The molecule has 0 fully saturated rings. The van der Waals surface area contributed by atoms with E-state index in [2.05, 4.69) is 60.8 Å². The Bertz CT molecular complexity index is 747. The summed E-state index contributed by atoms with van der Waals surface area (Å²) in [5.74, 6) is 2.32. The van der Waals surface area contributed by atoms with E-state index in [4.69, 9.17) is 14.5 Å². The number of nitrogens with one attached hydrogen (secondary N) is 2. The molecule has 2 rings (SSSR count). The van der Waals surface area contributed by atoms with Crippen molar-refractivity contribution in [2.75, 3.05) is 41.4 Å². The maximum atomic E-state index is 5.47. The van der Waals surface area contributed by atoms with Crippen LogP contribution in [0.5, 0.6) is 11.5 Å². The van der Waals surface area contributed by atoms with Gasteiger partial charge < -0.3 is 25.0 Å². The van der Waals surface area contributed by atoms with Gasteiger partial charge in [0.25, 0.3) is 0 Å². The molecule has 2 aromatic carbocycles. The fourth-order valence-electron chi connectivity index (χ4n) is 2.96. The van der Waals surface area contributed by atoms with Crippen LogP contribution in [0.4, 0.5) is 0 Å². The molecule has 0 amide bonds. The van der Waals surface area contributed by atoms with Crippen molar-refractivity contribution in [3.05, 3.63) is 59.7 Å². The van der Waals surface area contributed by atoms with Gasteiger partial charge in [0, 0.05) is 24.7 Å². The maximum absolute atomic E-state index is 5.47. The first-order chi connectivity index (χ1) is 13.6. The molecule has 2 aromatic rings. The van der Waals surface area contributed by atoms with Gasteiger partial charge >= 0.3 is 0 Å². The van der Waals surface area contributed by atoms with E-state index < -0.39 is 0 Å². The number of rotatable bonds is 9. The number of hydrogen-bond acceptors (Lipinski definition) is 4. The number of benzene rings is 2. The molecule has 0 saturated carbocycles. The lowest BCUT2D eigenvalue weighted by Crippen LogP contribution is -2.41. The Labute approximate surface area is 168 Å². The standard InChI is InChI=1S/C22H32N4O2/c1-6-23-22(24-15-18-12-13-19(27-4)14-21(18)28-5)25-16-20(26(2)3)17-10-8-7-9-11-17/h7-14,20H,6,15-16H2,1-5H3,(H2,23,24,25). The fourth-order valence-corrected chi connectivity index (χ4v) is 2.96. The molecule has 152 valence electrons. The third kappa shape index (κ3) is 6.16. The van der Waals surface area contributed by atoms with Crippen LogP contribution in [0.1, 0.15) is 24.1 Å². The number of nitrogens with zero attached hydrogens (tertiary/aromatic N) is 2. The largest absolute Gasteiger partial charge is 0.497 e. The van der Waals surface area contributed by atoms with Crippen LogP contribution in [0.3, 0.4) is 0 Å². The Hall–Kier alpha value is -2.73. The third-order valence-electron chi connectivity index (χ3n) is 4.52. The molecule has 0 bridgehead atoms. The van der Waals surface area contributed by atoms with Crippen molar-refractivity contribution in [3.63, 3.8) is 0 Å². The molecule has 0 spiro atoms. The Morgan fingerprint density at radius 2 is 1.79 bits per heavy atom. The molecular weight excluding hydrogens is 352 g/mol. The second-order valence-corrected chi connectivity index (χ2v) is 6.64. The summed E-state index contributed by atoms with van der Waals surface area (Å²) in [7, 11) is 7.48. The minimum absolute atomic E-state index is 0.251. The average molecular weight is 385 g/mol. The zero-order chi connectivity index (χ0) is 20.4. The molecule has 1 unspecified atom stereocenters. The minimum Gasteiger partial charge on any atom is -0.497 e. The van der Waals surface area contributed by atoms with E-state index in [9.17, 15) is 0 Å². The van der Waals surface area contributed by atoms with Crippen molar-refractivity contribution in [2.24, 2.45) is 4.99 Å². The van der Waals surface area contributed by atoms with E-state index >= 15 is 0 Å². The Balaban J connectivity index is 2.10. The van der Waals surface area contributed by atoms with Crippen LogP contribution in [0.25, 0.3) is 0 Å². The van der Waals surface area contributed by atoms with Gasteiger partial charge in [-0.05, 0) is 38.7 Å². The molecule has 0 aliphatic rings. The topological polar surface area (TPSA) is 58.1 Å². The van der Waals surface area contributed by atoms with Crippen LogP contribution in [-0.2, 0) is 6.54 Å². The van der Waals surface area contributed by atoms with Gasteiger partial charge in [0.15, 0.2) is 5.96 Å². The van der Waals surface area contributed by atoms with Gasteiger partial charge in [0.1, 0.15) is 11.5 Å². The number of guanidine groups is 1. The summed E-state index contributed by atoms with van der Waals surface area (Å²) in [4.78, 5) is 6.93. The lowest BCUT2D eigenvalue weighted by Gasteiger charge is -2.26. The van der Waals surface area contributed by atoms with Gasteiger partial charge in [-0.25, -0.2) is 4.99 Å². The van der Waals surface area contributed by atoms with Gasteiger partial charge in [-0.3, -0.25) is 0 Å². The second-order valence-electron chi connectivity index (χ2n) is 6.64. The average Bonchev–Trinajstić information content (AvgIpc) is 2.72. The van der Waals surface area contributed by atoms with E-state index in [1.165, 1.54) is 5.56 Å². The molecule has 0 radical (unpaired) electrons. The first-order valence-corrected chi connectivity index (χ1v) is 9.53. The molecule has 0 aromatic heterocycles. The first-order valence-electron chi connectivity index (χ1n) is 9.53. The van der Waals surface area contributed by atoms with E-state index in [1.807, 2.05) is 24.3 Å². The molecule has 0 aliphatic carbocycles. The van der Waals surface area contributed by atoms with E-state index in [-0.39, 0.29) is 6.04 Å². The minimum atomic E-state index is 0.251. The molecule has 6 nitrogen and oxygen atoms in total. The summed E-state index contributed by atoms with van der Waals surface area (Å²) in [6.45, 7) is 4.12. The highest BCUT2D eigenvalue weighted by molar-refractivity contribution is 5.79. The van der Waals surface area contributed by atoms with Gasteiger partial charge in [-0.15, -0.1) is 0 Å². The number of ether oxygens (including phenoxy) is 2. The van der Waals surface area contributed by atoms with Crippen molar-refractivity contribution < 1.29 is 9.47 Å². The maximum Gasteiger partial charge on any atom is 0.191 e. The number of methoxy groups -OCH3 is 2. The van der Waals surface area contributed by atoms with Crippen molar-refractivity contribution in [1.29, 1.82) is 0 Å². The predicted molar refractivity (Wildman–Crippen MR) is 115 cm³/mol. The molecule has 1 atom stereocenters. The van der Waals surface area contributed by atoms with E-state index in [0.29, 0.717) is 6.54 Å². The van der Waals surface area contributed by atoms with Crippen molar-refractivity contribution in [2.45, 2.75) is 19.5 Å². The van der Waals surface area contributed by atoms with Crippen LogP contribution < -0.4 is 20.1 Å². The number of likely N-dealkylation sites (N-methyl/N-ethyl adjacent to an activating group) is 1. The first kappa shape index (κ1) is 21.6. The summed E-state index contributed by atoms with van der Waals surface area (Å²) in [5.41, 5.74) is 2.28. The molecule has 0 heterocycles. The molecule has 28 heavy (non-hydrogen) atoms. The summed E-state index contributed by atoms with van der Waals surface area (Å²) < 4.78 is 10.7. The summed E-state index contributed by atoms with van der Waals surface area (Å²) in [5, 5.41) is 6.78. The van der Waals surface area contributed by atoms with Crippen LogP contribution in [0.15, 0.2) is 53.5 Å². The predicted octanol–water partition coefficient (Wildman–Crippen LogP) is 3.06. The van der Waals surface area contributed by atoms with Crippen molar-refractivity contribution >= 4 is 5.96 Å². The quantitative estimate of drug-likeness (QED) is 0.514. The Kier molecular flexibility index (Phi) is 8.62. The number of hydrogen-bond donors (Lipinski definition) is 2. The summed E-state index contributed by atoms with van der Waals surface area (Å²) in [6, 6.07) is 16.5. The van der Waals surface area contributed by atoms with Gasteiger partial charge in [-0.1, -0.05) is 30.3 Å². The molecular formula is C22H32N4O2. The zero-order valence-corrected chi connectivity index (χ0v) is 17.5. The van der Waals surface area contributed by atoms with Crippen molar-refractivity contribution in [1.82, 2.24) is 15.5 Å². The highest BCUT2D eigenvalue weighted by Gasteiger charge is 2.14. The molecule has 2 N–H and O–H groups in total. The SMILES string of the molecule is CCNC(=NCc1ccc(OC)cc1OC)NCC(c1ccccc1)N(C)C. The monoisotopic (exact) mass is 384 g/mol. The second kappa shape index (κ2) is 11.2. The normalized spacial score (nSPS) is 12.6. The van der Waals surface area contributed by atoms with Crippen LogP contribution in [0, 0.1) is 0 Å². The third-order valence-corrected chi connectivity index (χ3v) is 4.52. The van der Waals surface area contributed by atoms with Crippen LogP contribution >= 0.6 is 0 Å². The molecule has 0 aliphatic heterocycles. The molecule has 0 saturated heterocycles. The summed E-state index contributed by atoms with van der Waals surface area (Å²) >= 11 is 0.